The normalized spacial score (nSPS) is 10.5. The van der Waals surface area contributed by atoms with Gasteiger partial charge >= 0.3 is 5.76 Å². The van der Waals surface area contributed by atoms with Crippen LogP contribution in [0.3, 0.4) is 0 Å². The van der Waals surface area contributed by atoms with E-state index in [1.807, 2.05) is 0 Å². The van der Waals surface area contributed by atoms with E-state index in [0.29, 0.717) is 28.0 Å². The number of aromatic amines is 1. The van der Waals surface area contributed by atoms with Gasteiger partial charge in [-0.2, -0.15) is 0 Å². The molecule has 0 saturated carbocycles. The van der Waals surface area contributed by atoms with Crippen LogP contribution in [0, 0.1) is 0 Å². The molecule has 0 saturated heterocycles. The van der Waals surface area contributed by atoms with E-state index in [1.54, 1.807) is 42.5 Å². The van der Waals surface area contributed by atoms with Gasteiger partial charge in [0.25, 0.3) is 5.91 Å². The molecule has 0 aliphatic carbocycles. The Kier molecular flexibility index (Phi) is 3.68. The molecule has 2 amide bonds. The Morgan fingerprint density at radius 3 is 2.39 bits per heavy atom. The molecule has 2 aromatic carbocycles. The number of hydrogen-bond donors (Lipinski definition) is 3. The summed E-state index contributed by atoms with van der Waals surface area (Å²) in [6.45, 7) is 1.41. The van der Waals surface area contributed by atoms with Crippen LogP contribution in [-0.2, 0) is 4.79 Å². The number of hydrogen-bond acceptors (Lipinski definition) is 4. The number of rotatable bonds is 3. The number of oxazole rings is 1. The van der Waals surface area contributed by atoms with Crippen molar-refractivity contribution in [3.05, 3.63) is 58.6 Å². The number of aromatic nitrogens is 1. The fourth-order valence-corrected chi connectivity index (χ4v) is 2.14. The van der Waals surface area contributed by atoms with Crippen LogP contribution in [0.25, 0.3) is 11.1 Å². The zero-order valence-electron chi connectivity index (χ0n) is 12.2. The lowest BCUT2D eigenvalue weighted by molar-refractivity contribution is -0.114. The summed E-state index contributed by atoms with van der Waals surface area (Å²) < 4.78 is 4.90. The summed E-state index contributed by atoms with van der Waals surface area (Å²) in [7, 11) is 0. The smallest absolute Gasteiger partial charge is 0.408 e. The molecule has 0 atom stereocenters. The molecular formula is C16H13N3O4. The fraction of sp³-hybridized carbons (Fsp3) is 0.0625. The maximum atomic E-state index is 12.2. The van der Waals surface area contributed by atoms with Crippen molar-refractivity contribution in [1.29, 1.82) is 0 Å². The predicted molar refractivity (Wildman–Crippen MR) is 85.5 cm³/mol. The van der Waals surface area contributed by atoms with Crippen molar-refractivity contribution in [1.82, 2.24) is 4.98 Å². The predicted octanol–water partition coefficient (Wildman–Crippen LogP) is 2.33. The average Bonchev–Trinajstić information content (AvgIpc) is 2.86. The molecule has 3 aromatic rings. The van der Waals surface area contributed by atoms with Crippen LogP contribution in [0.5, 0.6) is 0 Å². The van der Waals surface area contributed by atoms with Crippen LogP contribution in [0.4, 0.5) is 11.4 Å². The van der Waals surface area contributed by atoms with Crippen LogP contribution < -0.4 is 16.4 Å². The highest BCUT2D eigenvalue weighted by Gasteiger charge is 2.08. The van der Waals surface area contributed by atoms with E-state index in [4.69, 9.17) is 4.42 Å². The third kappa shape index (κ3) is 3.29. The highest BCUT2D eigenvalue weighted by atomic mass is 16.4. The maximum Gasteiger partial charge on any atom is 0.417 e. The number of carbonyl (C=O) groups is 2. The van der Waals surface area contributed by atoms with Gasteiger partial charge in [0, 0.05) is 23.9 Å². The van der Waals surface area contributed by atoms with Crippen LogP contribution in [-0.4, -0.2) is 16.8 Å². The number of H-pyrrole nitrogens is 1. The summed E-state index contributed by atoms with van der Waals surface area (Å²) in [5, 5.41) is 5.36. The molecule has 3 rings (SSSR count). The van der Waals surface area contributed by atoms with E-state index in [-0.39, 0.29) is 11.8 Å². The molecular weight excluding hydrogens is 298 g/mol. The molecule has 23 heavy (non-hydrogen) atoms. The van der Waals surface area contributed by atoms with Crippen molar-refractivity contribution >= 4 is 34.3 Å². The average molecular weight is 311 g/mol. The van der Waals surface area contributed by atoms with Gasteiger partial charge in [0.05, 0.1) is 5.52 Å². The van der Waals surface area contributed by atoms with Crippen molar-refractivity contribution in [2.24, 2.45) is 0 Å². The number of nitrogens with one attached hydrogen (secondary N) is 3. The first-order valence-electron chi connectivity index (χ1n) is 6.83. The quantitative estimate of drug-likeness (QED) is 0.690. The molecule has 7 heteroatoms. The van der Waals surface area contributed by atoms with E-state index in [2.05, 4.69) is 15.6 Å². The Labute approximate surface area is 130 Å². The van der Waals surface area contributed by atoms with Gasteiger partial charge in [0.1, 0.15) is 0 Å². The molecule has 0 bridgehead atoms. The van der Waals surface area contributed by atoms with Gasteiger partial charge in [-0.15, -0.1) is 0 Å². The summed E-state index contributed by atoms with van der Waals surface area (Å²) in [6, 6.07) is 11.4. The van der Waals surface area contributed by atoms with Crippen molar-refractivity contribution in [3.63, 3.8) is 0 Å². The zero-order chi connectivity index (χ0) is 16.4. The van der Waals surface area contributed by atoms with Crippen molar-refractivity contribution in [2.75, 3.05) is 10.6 Å². The SMILES string of the molecule is CC(=O)Nc1ccc(C(=O)Nc2ccc3oc(=O)[nH]c3c2)cc1. The zero-order valence-corrected chi connectivity index (χ0v) is 12.2. The molecule has 1 aromatic heterocycles. The first-order valence-corrected chi connectivity index (χ1v) is 6.83. The summed E-state index contributed by atoms with van der Waals surface area (Å²) in [4.78, 5) is 36.8. The minimum Gasteiger partial charge on any atom is -0.408 e. The Balaban J connectivity index is 1.76. The molecule has 116 valence electrons. The Morgan fingerprint density at radius 1 is 1.00 bits per heavy atom. The van der Waals surface area contributed by atoms with E-state index >= 15 is 0 Å². The second kappa shape index (κ2) is 5.80. The minimum absolute atomic E-state index is 0.176. The van der Waals surface area contributed by atoms with Crippen molar-refractivity contribution in [2.45, 2.75) is 6.92 Å². The molecule has 0 aliphatic rings. The highest BCUT2D eigenvalue weighted by molar-refractivity contribution is 6.05. The Morgan fingerprint density at radius 2 is 1.70 bits per heavy atom. The molecule has 0 aliphatic heterocycles. The molecule has 7 nitrogen and oxygen atoms in total. The van der Waals surface area contributed by atoms with Gasteiger partial charge in [0.15, 0.2) is 5.58 Å². The number of anilines is 2. The molecule has 3 N–H and O–H groups in total. The van der Waals surface area contributed by atoms with Crippen LogP contribution in [0.2, 0.25) is 0 Å². The Bertz CT molecular complexity index is 938. The number of benzene rings is 2. The van der Waals surface area contributed by atoms with E-state index in [0.717, 1.165) is 0 Å². The number of fused-ring (bicyclic) bond motifs is 1. The standard InChI is InChI=1S/C16H13N3O4/c1-9(20)17-11-4-2-10(3-5-11)15(21)18-12-6-7-14-13(8-12)19-16(22)23-14/h2-8H,1H3,(H,17,20)(H,18,21)(H,19,22). The lowest BCUT2D eigenvalue weighted by Crippen LogP contribution is -2.12. The highest BCUT2D eigenvalue weighted by Crippen LogP contribution is 2.17. The summed E-state index contributed by atoms with van der Waals surface area (Å²) in [6.07, 6.45) is 0. The lowest BCUT2D eigenvalue weighted by atomic mass is 10.2. The number of amides is 2. The molecule has 0 unspecified atom stereocenters. The first kappa shape index (κ1) is 14.6. The maximum absolute atomic E-state index is 12.2. The third-order valence-corrected chi connectivity index (χ3v) is 3.14. The lowest BCUT2D eigenvalue weighted by Gasteiger charge is -2.06. The van der Waals surface area contributed by atoms with Gasteiger partial charge in [-0.3, -0.25) is 14.6 Å². The van der Waals surface area contributed by atoms with E-state index in [9.17, 15) is 14.4 Å². The fourth-order valence-electron chi connectivity index (χ4n) is 2.14. The summed E-state index contributed by atoms with van der Waals surface area (Å²) in [5.74, 6) is -1.02. The monoisotopic (exact) mass is 311 g/mol. The molecule has 0 spiro atoms. The number of carbonyl (C=O) groups excluding carboxylic acids is 2. The third-order valence-electron chi connectivity index (χ3n) is 3.14. The topological polar surface area (TPSA) is 104 Å². The molecule has 0 fully saturated rings. The van der Waals surface area contributed by atoms with E-state index in [1.165, 1.54) is 6.92 Å². The Hall–Kier alpha value is -3.35. The van der Waals surface area contributed by atoms with Gasteiger partial charge in [0.2, 0.25) is 5.91 Å². The first-order chi connectivity index (χ1) is 11.0. The van der Waals surface area contributed by atoms with Gasteiger partial charge < -0.3 is 15.1 Å². The van der Waals surface area contributed by atoms with Gasteiger partial charge in [-0.1, -0.05) is 0 Å². The van der Waals surface area contributed by atoms with Gasteiger partial charge in [-0.25, -0.2) is 4.79 Å². The van der Waals surface area contributed by atoms with Gasteiger partial charge in [-0.05, 0) is 42.5 Å². The molecule has 1 heterocycles. The second-order valence-electron chi connectivity index (χ2n) is 4.94. The summed E-state index contributed by atoms with van der Waals surface area (Å²) >= 11 is 0. The van der Waals surface area contributed by atoms with E-state index < -0.39 is 5.76 Å². The largest absolute Gasteiger partial charge is 0.417 e. The van der Waals surface area contributed by atoms with Crippen LogP contribution >= 0.6 is 0 Å². The molecule has 0 radical (unpaired) electrons. The van der Waals surface area contributed by atoms with Crippen LogP contribution in [0.1, 0.15) is 17.3 Å². The van der Waals surface area contributed by atoms with Crippen LogP contribution in [0.15, 0.2) is 51.7 Å². The van der Waals surface area contributed by atoms with Crippen molar-refractivity contribution < 1.29 is 14.0 Å². The van der Waals surface area contributed by atoms with Crippen molar-refractivity contribution in [3.8, 4) is 0 Å². The second-order valence-corrected chi connectivity index (χ2v) is 4.94. The summed E-state index contributed by atoms with van der Waals surface area (Å²) in [5.41, 5.74) is 2.53. The minimum atomic E-state index is -0.544.